The lowest BCUT2D eigenvalue weighted by atomic mass is 10.0. The second-order valence-electron chi connectivity index (χ2n) is 4.99. The Kier molecular flexibility index (Phi) is 3.31. The van der Waals surface area contributed by atoms with Gasteiger partial charge in [0.15, 0.2) is 0 Å². The van der Waals surface area contributed by atoms with E-state index in [1.165, 1.54) is 12.1 Å². The van der Waals surface area contributed by atoms with Crippen molar-refractivity contribution < 1.29 is 18.4 Å². The van der Waals surface area contributed by atoms with Crippen LogP contribution in [0.25, 0.3) is 11.1 Å². The molecule has 22 heavy (non-hydrogen) atoms. The second kappa shape index (κ2) is 5.04. The third-order valence-electron chi connectivity index (χ3n) is 3.61. The Labute approximate surface area is 126 Å². The molecule has 0 fully saturated rings. The summed E-state index contributed by atoms with van der Waals surface area (Å²) in [6.07, 6.45) is 0.315. The zero-order valence-electron chi connectivity index (χ0n) is 11.4. The lowest BCUT2D eigenvalue weighted by Gasteiger charge is -2.05. The number of carbonyl (C=O) groups is 1. The maximum atomic E-state index is 12.0. The van der Waals surface area contributed by atoms with Gasteiger partial charge in [-0.3, -0.25) is 4.79 Å². The molecule has 2 aromatic carbocycles. The van der Waals surface area contributed by atoms with Gasteiger partial charge in [-0.2, -0.15) is 0 Å². The maximum absolute atomic E-state index is 12.0. The predicted molar refractivity (Wildman–Crippen MR) is 80.5 cm³/mol. The number of hydrogen-bond donors (Lipinski definition) is 2. The Balaban J connectivity index is 2.02. The summed E-state index contributed by atoms with van der Waals surface area (Å²) in [7, 11) is -3.73. The molecule has 3 N–H and O–H groups in total. The molecule has 1 aliphatic carbocycles. The highest BCUT2D eigenvalue weighted by molar-refractivity contribution is 7.89. The van der Waals surface area contributed by atoms with Gasteiger partial charge in [0.05, 0.1) is 4.90 Å². The zero-order chi connectivity index (χ0) is 15.9. The van der Waals surface area contributed by atoms with Crippen LogP contribution in [0.4, 0.5) is 0 Å². The lowest BCUT2D eigenvalue weighted by molar-refractivity contribution is 0.106. The van der Waals surface area contributed by atoms with Crippen molar-refractivity contribution in [3.8, 4) is 11.1 Å². The number of hydrogen-bond acceptors (Lipinski definition) is 5. The smallest absolute Gasteiger partial charge is 0.238 e. The molecule has 0 atom stereocenters. The Morgan fingerprint density at radius 1 is 1.05 bits per heavy atom. The molecule has 3 rings (SSSR count). The molecule has 112 valence electrons. The monoisotopic (exact) mass is 316 g/mol. The van der Waals surface area contributed by atoms with Crippen LogP contribution in [-0.2, 0) is 16.4 Å². The van der Waals surface area contributed by atoms with E-state index >= 15 is 0 Å². The third kappa shape index (κ3) is 2.40. The minimum Gasteiger partial charge on any atom is -0.411 e. The standard InChI is InChI=1S/C15H12N2O4S/c16-22(20,21)12-5-3-9(4-6-12)10-1-2-11-8-14(17-19)15(18)13(11)7-10/h1-7,19H,8H2,(H2,16,20,21)/b17-14-. The van der Waals surface area contributed by atoms with Crippen LogP contribution in [0.5, 0.6) is 0 Å². The molecule has 7 heteroatoms. The number of Topliss-reactive ketones (excluding diaryl/α,β-unsaturated/α-hetero) is 1. The molecule has 0 bridgehead atoms. The largest absolute Gasteiger partial charge is 0.411 e. The molecule has 0 unspecified atom stereocenters. The van der Waals surface area contributed by atoms with Crippen LogP contribution < -0.4 is 5.14 Å². The van der Waals surface area contributed by atoms with E-state index in [-0.39, 0.29) is 16.4 Å². The van der Waals surface area contributed by atoms with Crippen molar-refractivity contribution in [2.24, 2.45) is 10.3 Å². The quantitative estimate of drug-likeness (QED) is 0.647. The minimum absolute atomic E-state index is 0.0307. The van der Waals surface area contributed by atoms with Crippen molar-refractivity contribution in [1.82, 2.24) is 0 Å². The summed E-state index contributed by atoms with van der Waals surface area (Å²) >= 11 is 0. The number of benzene rings is 2. The molecule has 6 nitrogen and oxygen atoms in total. The lowest BCUT2D eigenvalue weighted by Crippen LogP contribution is -2.11. The SMILES string of the molecule is NS(=O)(=O)c1ccc(-c2ccc3c(c2)C(=O)/C(=N\O)C3)cc1. The first-order valence-corrected chi connectivity index (χ1v) is 7.96. The fraction of sp³-hybridized carbons (Fsp3) is 0.0667. The van der Waals surface area contributed by atoms with Gasteiger partial charge >= 0.3 is 0 Å². The van der Waals surface area contributed by atoms with E-state index in [9.17, 15) is 13.2 Å². The van der Waals surface area contributed by atoms with E-state index in [2.05, 4.69) is 5.16 Å². The topological polar surface area (TPSA) is 110 Å². The fourth-order valence-electron chi connectivity index (χ4n) is 2.46. The van der Waals surface area contributed by atoms with Crippen molar-refractivity contribution in [2.45, 2.75) is 11.3 Å². The Hall–Kier alpha value is -2.51. The van der Waals surface area contributed by atoms with Crippen molar-refractivity contribution >= 4 is 21.5 Å². The predicted octanol–water partition coefficient (Wildman–Crippen LogP) is 1.57. The summed E-state index contributed by atoms with van der Waals surface area (Å²) in [5.74, 6) is -0.291. The highest BCUT2D eigenvalue weighted by Crippen LogP contribution is 2.28. The summed E-state index contributed by atoms with van der Waals surface area (Å²) in [5.41, 5.74) is 2.96. The average molecular weight is 316 g/mol. The first-order chi connectivity index (χ1) is 10.4. The number of fused-ring (bicyclic) bond motifs is 1. The average Bonchev–Trinajstić information content (AvgIpc) is 2.82. The van der Waals surface area contributed by atoms with Gasteiger partial charge in [-0.05, 0) is 34.9 Å². The van der Waals surface area contributed by atoms with Gasteiger partial charge in [0.2, 0.25) is 15.8 Å². The zero-order valence-corrected chi connectivity index (χ0v) is 12.2. The number of nitrogens with zero attached hydrogens (tertiary/aromatic N) is 1. The van der Waals surface area contributed by atoms with Crippen molar-refractivity contribution in [1.29, 1.82) is 0 Å². The van der Waals surface area contributed by atoms with Crippen LogP contribution in [0.2, 0.25) is 0 Å². The second-order valence-corrected chi connectivity index (χ2v) is 6.56. The minimum atomic E-state index is -3.73. The molecule has 1 aliphatic rings. The van der Waals surface area contributed by atoms with E-state index in [0.29, 0.717) is 12.0 Å². The first-order valence-electron chi connectivity index (χ1n) is 6.42. The molecular weight excluding hydrogens is 304 g/mol. The van der Waals surface area contributed by atoms with Gasteiger partial charge in [-0.15, -0.1) is 0 Å². The van der Waals surface area contributed by atoms with Gasteiger partial charge in [0.25, 0.3) is 0 Å². The fourth-order valence-corrected chi connectivity index (χ4v) is 2.97. The van der Waals surface area contributed by atoms with Crippen LogP contribution >= 0.6 is 0 Å². The van der Waals surface area contributed by atoms with Crippen LogP contribution in [0.15, 0.2) is 52.5 Å². The summed E-state index contributed by atoms with van der Waals surface area (Å²) in [5, 5.41) is 16.9. The van der Waals surface area contributed by atoms with Crippen molar-refractivity contribution in [3.63, 3.8) is 0 Å². The van der Waals surface area contributed by atoms with Gasteiger partial charge in [-0.25, -0.2) is 13.6 Å². The van der Waals surface area contributed by atoms with Crippen LogP contribution in [0, 0.1) is 0 Å². The number of nitrogens with two attached hydrogens (primary N) is 1. The van der Waals surface area contributed by atoms with Crippen molar-refractivity contribution in [3.05, 3.63) is 53.6 Å². The highest BCUT2D eigenvalue weighted by Gasteiger charge is 2.27. The van der Waals surface area contributed by atoms with E-state index in [4.69, 9.17) is 10.3 Å². The molecule has 0 saturated carbocycles. The molecule has 0 heterocycles. The Morgan fingerprint density at radius 2 is 1.68 bits per heavy atom. The summed E-state index contributed by atoms with van der Waals surface area (Å²) in [4.78, 5) is 12.0. The molecular formula is C15H12N2O4S. The number of carbonyl (C=O) groups excluding carboxylic acids is 1. The van der Waals surface area contributed by atoms with Crippen molar-refractivity contribution in [2.75, 3.05) is 0 Å². The van der Waals surface area contributed by atoms with Gasteiger partial charge in [0, 0.05) is 12.0 Å². The van der Waals surface area contributed by atoms with Crippen LogP contribution in [0.3, 0.4) is 0 Å². The van der Waals surface area contributed by atoms with Crippen LogP contribution in [0.1, 0.15) is 15.9 Å². The first kappa shape index (κ1) is 14.4. The molecule has 0 aliphatic heterocycles. The molecule has 2 aromatic rings. The Morgan fingerprint density at radius 3 is 2.27 bits per heavy atom. The summed E-state index contributed by atoms with van der Waals surface area (Å²) in [6.45, 7) is 0. The molecule has 0 aromatic heterocycles. The van der Waals surface area contributed by atoms with Crippen LogP contribution in [-0.4, -0.2) is 25.1 Å². The number of sulfonamides is 1. The van der Waals surface area contributed by atoms with Gasteiger partial charge in [0.1, 0.15) is 5.71 Å². The van der Waals surface area contributed by atoms with E-state index in [1.807, 2.05) is 6.07 Å². The number of ketones is 1. The number of oxime groups is 1. The maximum Gasteiger partial charge on any atom is 0.238 e. The highest BCUT2D eigenvalue weighted by atomic mass is 32.2. The van der Waals surface area contributed by atoms with E-state index < -0.39 is 10.0 Å². The molecule has 0 spiro atoms. The van der Waals surface area contributed by atoms with E-state index in [1.54, 1.807) is 24.3 Å². The molecule has 0 saturated heterocycles. The summed E-state index contributed by atoms with van der Waals surface area (Å²) < 4.78 is 22.5. The van der Waals surface area contributed by atoms with E-state index in [0.717, 1.165) is 16.7 Å². The van der Waals surface area contributed by atoms with Gasteiger partial charge in [-0.1, -0.05) is 29.4 Å². The molecule has 0 radical (unpaired) electrons. The number of primary sulfonamides is 1. The van der Waals surface area contributed by atoms with Gasteiger partial charge < -0.3 is 5.21 Å². The normalized spacial score (nSPS) is 16.0. The molecule has 0 amide bonds. The Bertz CT molecular complexity index is 900. The number of rotatable bonds is 2. The summed E-state index contributed by atoms with van der Waals surface area (Å²) in [6, 6.07) is 11.4. The third-order valence-corrected chi connectivity index (χ3v) is 4.54.